The van der Waals surface area contributed by atoms with Crippen LogP contribution in [0.5, 0.6) is 5.75 Å². The van der Waals surface area contributed by atoms with Crippen LogP contribution in [0.4, 0.5) is 0 Å². The molecular formula is C16H25NO. The molecule has 1 aliphatic carbocycles. The van der Waals surface area contributed by atoms with Crippen LogP contribution in [0.25, 0.3) is 0 Å². The fraction of sp³-hybridized carbons (Fsp3) is 0.625. The van der Waals surface area contributed by atoms with E-state index in [-0.39, 0.29) is 0 Å². The van der Waals surface area contributed by atoms with Crippen molar-refractivity contribution in [2.24, 2.45) is 5.92 Å². The van der Waals surface area contributed by atoms with E-state index in [1.165, 1.54) is 17.5 Å². The Morgan fingerprint density at radius 2 is 2.22 bits per heavy atom. The van der Waals surface area contributed by atoms with Gasteiger partial charge in [0.2, 0.25) is 0 Å². The van der Waals surface area contributed by atoms with E-state index in [4.69, 9.17) is 4.74 Å². The van der Waals surface area contributed by atoms with Gasteiger partial charge < -0.3 is 10.1 Å². The number of hydrogen-bond donors (Lipinski definition) is 1. The lowest BCUT2D eigenvalue weighted by Crippen LogP contribution is -2.18. The van der Waals surface area contributed by atoms with Gasteiger partial charge in [0.1, 0.15) is 5.75 Å². The Labute approximate surface area is 111 Å². The van der Waals surface area contributed by atoms with Gasteiger partial charge in [0.25, 0.3) is 0 Å². The van der Waals surface area contributed by atoms with Crippen LogP contribution in [0.1, 0.15) is 50.8 Å². The maximum Gasteiger partial charge on any atom is 0.122 e. The standard InChI is InChI=1S/C16H25NO/c1-4-17-15-9-8-14-13(15)6-5-7-16(14)18-11-10-12(2)3/h5-7,12,15,17H,4,8-11H2,1-3H3. The summed E-state index contributed by atoms with van der Waals surface area (Å²) < 4.78 is 5.96. The monoisotopic (exact) mass is 247 g/mol. The lowest BCUT2D eigenvalue weighted by molar-refractivity contribution is 0.287. The van der Waals surface area contributed by atoms with E-state index in [9.17, 15) is 0 Å². The number of rotatable bonds is 6. The lowest BCUT2D eigenvalue weighted by Gasteiger charge is -2.14. The lowest BCUT2D eigenvalue weighted by atomic mass is 10.1. The molecule has 2 nitrogen and oxygen atoms in total. The molecule has 0 heterocycles. The molecule has 1 N–H and O–H groups in total. The molecule has 0 amide bonds. The second-order valence-corrected chi connectivity index (χ2v) is 5.50. The van der Waals surface area contributed by atoms with E-state index in [0.29, 0.717) is 12.0 Å². The number of fused-ring (bicyclic) bond motifs is 1. The largest absolute Gasteiger partial charge is 0.493 e. The maximum absolute atomic E-state index is 5.96. The van der Waals surface area contributed by atoms with Crippen LogP contribution in [-0.4, -0.2) is 13.2 Å². The molecule has 1 aromatic rings. The first-order valence-corrected chi connectivity index (χ1v) is 7.20. The zero-order chi connectivity index (χ0) is 13.0. The Morgan fingerprint density at radius 3 is 2.94 bits per heavy atom. The van der Waals surface area contributed by atoms with Crippen molar-refractivity contribution in [1.29, 1.82) is 0 Å². The van der Waals surface area contributed by atoms with Crippen LogP contribution >= 0.6 is 0 Å². The molecule has 18 heavy (non-hydrogen) atoms. The van der Waals surface area contributed by atoms with Crippen molar-refractivity contribution < 1.29 is 4.74 Å². The number of benzene rings is 1. The van der Waals surface area contributed by atoms with Crippen LogP contribution in [0.3, 0.4) is 0 Å². The molecule has 0 fully saturated rings. The van der Waals surface area contributed by atoms with Crippen molar-refractivity contribution in [1.82, 2.24) is 5.32 Å². The minimum absolute atomic E-state index is 0.527. The van der Waals surface area contributed by atoms with Crippen molar-refractivity contribution >= 4 is 0 Å². The second-order valence-electron chi connectivity index (χ2n) is 5.50. The molecule has 0 aromatic heterocycles. The van der Waals surface area contributed by atoms with Gasteiger partial charge in [-0.1, -0.05) is 32.9 Å². The SMILES string of the molecule is CCNC1CCc2c(OCCC(C)C)cccc21. The van der Waals surface area contributed by atoms with E-state index in [0.717, 1.165) is 31.7 Å². The highest BCUT2D eigenvalue weighted by Crippen LogP contribution is 2.36. The molecule has 1 atom stereocenters. The van der Waals surface area contributed by atoms with Gasteiger partial charge in [0.15, 0.2) is 0 Å². The molecule has 0 saturated heterocycles. The van der Waals surface area contributed by atoms with Gasteiger partial charge >= 0.3 is 0 Å². The van der Waals surface area contributed by atoms with Crippen molar-refractivity contribution in [2.45, 2.75) is 46.1 Å². The normalized spacial score (nSPS) is 18.1. The van der Waals surface area contributed by atoms with Crippen molar-refractivity contribution in [2.75, 3.05) is 13.2 Å². The number of ether oxygens (including phenoxy) is 1. The fourth-order valence-electron chi connectivity index (χ4n) is 2.62. The first-order valence-electron chi connectivity index (χ1n) is 7.20. The summed E-state index contributed by atoms with van der Waals surface area (Å²) in [6.07, 6.45) is 3.47. The van der Waals surface area contributed by atoms with Gasteiger partial charge in [0, 0.05) is 6.04 Å². The van der Waals surface area contributed by atoms with Gasteiger partial charge in [0.05, 0.1) is 6.61 Å². The molecule has 0 aliphatic heterocycles. The summed E-state index contributed by atoms with van der Waals surface area (Å²) in [6.45, 7) is 8.50. The third kappa shape index (κ3) is 3.05. The molecule has 2 heteroatoms. The highest BCUT2D eigenvalue weighted by Gasteiger charge is 2.24. The Balaban J connectivity index is 2.05. The Kier molecular flexibility index (Phi) is 4.65. The van der Waals surface area contributed by atoms with Gasteiger partial charge in [-0.25, -0.2) is 0 Å². The Hall–Kier alpha value is -1.02. The molecule has 0 saturated carbocycles. The van der Waals surface area contributed by atoms with Crippen LogP contribution in [0, 0.1) is 5.92 Å². The average molecular weight is 247 g/mol. The first kappa shape index (κ1) is 13.4. The van der Waals surface area contributed by atoms with Crippen molar-refractivity contribution in [3.05, 3.63) is 29.3 Å². The molecular weight excluding hydrogens is 222 g/mol. The van der Waals surface area contributed by atoms with Crippen LogP contribution in [-0.2, 0) is 6.42 Å². The summed E-state index contributed by atoms with van der Waals surface area (Å²) in [5.74, 6) is 1.81. The zero-order valence-corrected chi connectivity index (χ0v) is 11.8. The molecule has 0 spiro atoms. The van der Waals surface area contributed by atoms with Crippen LogP contribution in [0.15, 0.2) is 18.2 Å². The molecule has 1 aromatic carbocycles. The van der Waals surface area contributed by atoms with E-state index < -0.39 is 0 Å². The van der Waals surface area contributed by atoms with E-state index in [1.54, 1.807) is 0 Å². The third-order valence-corrected chi connectivity index (χ3v) is 3.63. The summed E-state index contributed by atoms with van der Waals surface area (Å²) in [7, 11) is 0. The van der Waals surface area contributed by atoms with Gasteiger partial charge in [-0.2, -0.15) is 0 Å². The second kappa shape index (κ2) is 6.24. The highest BCUT2D eigenvalue weighted by atomic mass is 16.5. The quantitative estimate of drug-likeness (QED) is 0.827. The number of nitrogens with one attached hydrogen (secondary N) is 1. The predicted octanol–water partition coefficient (Wildman–Crippen LogP) is 3.71. The predicted molar refractivity (Wildman–Crippen MR) is 76.1 cm³/mol. The van der Waals surface area contributed by atoms with Crippen molar-refractivity contribution in [3.8, 4) is 5.75 Å². The highest BCUT2D eigenvalue weighted by molar-refractivity contribution is 5.45. The summed E-state index contributed by atoms with van der Waals surface area (Å²) >= 11 is 0. The molecule has 0 radical (unpaired) electrons. The van der Waals surface area contributed by atoms with Crippen LogP contribution < -0.4 is 10.1 Å². The van der Waals surface area contributed by atoms with E-state index >= 15 is 0 Å². The third-order valence-electron chi connectivity index (χ3n) is 3.63. The molecule has 1 aliphatic rings. The summed E-state index contributed by atoms with van der Waals surface area (Å²) in [5, 5.41) is 3.55. The van der Waals surface area contributed by atoms with Gasteiger partial charge in [-0.3, -0.25) is 0 Å². The fourth-order valence-corrected chi connectivity index (χ4v) is 2.62. The average Bonchev–Trinajstić information content (AvgIpc) is 2.74. The molecule has 2 rings (SSSR count). The summed E-state index contributed by atoms with van der Waals surface area (Å²) in [4.78, 5) is 0. The minimum Gasteiger partial charge on any atom is -0.493 e. The maximum atomic E-state index is 5.96. The van der Waals surface area contributed by atoms with E-state index in [1.807, 2.05) is 0 Å². The first-order chi connectivity index (χ1) is 8.72. The molecule has 1 unspecified atom stereocenters. The van der Waals surface area contributed by atoms with Gasteiger partial charge in [-0.15, -0.1) is 0 Å². The van der Waals surface area contributed by atoms with Crippen molar-refractivity contribution in [3.63, 3.8) is 0 Å². The summed E-state index contributed by atoms with van der Waals surface area (Å²) in [6, 6.07) is 7.01. The van der Waals surface area contributed by atoms with Crippen LogP contribution in [0.2, 0.25) is 0 Å². The summed E-state index contributed by atoms with van der Waals surface area (Å²) in [5.41, 5.74) is 2.87. The molecule has 100 valence electrons. The topological polar surface area (TPSA) is 21.3 Å². The van der Waals surface area contributed by atoms with Gasteiger partial charge in [-0.05, 0) is 48.9 Å². The van der Waals surface area contributed by atoms with E-state index in [2.05, 4.69) is 44.3 Å². The Morgan fingerprint density at radius 1 is 1.39 bits per heavy atom. The molecule has 0 bridgehead atoms. The number of hydrogen-bond acceptors (Lipinski definition) is 2. The smallest absolute Gasteiger partial charge is 0.122 e. The Bertz CT molecular complexity index is 387. The minimum atomic E-state index is 0.527. The zero-order valence-electron chi connectivity index (χ0n) is 11.8.